The third-order valence-electron chi connectivity index (χ3n) is 6.60. The number of amides is 3. The van der Waals surface area contributed by atoms with E-state index in [0.29, 0.717) is 33.3 Å². The van der Waals surface area contributed by atoms with Gasteiger partial charge in [-0.05, 0) is 30.2 Å². The van der Waals surface area contributed by atoms with Gasteiger partial charge >= 0.3 is 6.18 Å². The topological polar surface area (TPSA) is 123 Å². The third kappa shape index (κ3) is 7.04. The summed E-state index contributed by atoms with van der Waals surface area (Å²) in [7, 11) is 1.43. The van der Waals surface area contributed by atoms with Crippen molar-refractivity contribution in [2.45, 2.75) is 31.1 Å². The zero-order valence-electron chi connectivity index (χ0n) is 21.7. The summed E-state index contributed by atoms with van der Waals surface area (Å²) in [6, 6.07) is 19.6. The Morgan fingerprint density at radius 3 is 2.37 bits per heavy atom. The Bertz CT molecular complexity index is 1460. The van der Waals surface area contributed by atoms with E-state index in [1.807, 2.05) is 0 Å². The molecule has 12 heteroatoms. The molecule has 3 atom stereocenters. The molecule has 0 aromatic heterocycles. The smallest absolute Gasteiger partial charge is 0.389 e. The molecule has 1 heterocycles. The lowest BCUT2D eigenvalue weighted by molar-refractivity contribution is -0.144. The molecule has 214 valence electrons. The maximum atomic E-state index is 13.6. The van der Waals surface area contributed by atoms with Crippen molar-refractivity contribution in [3.63, 3.8) is 0 Å². The fraction of sp³-hybridized carbons (Fsp3) is 0.241. The van der Waals surface area contributed by atoms with Crippen LogP contribution in [0, 0.1) is 5.92 Å². The largest absolute Gasteiger partial charge is 0.495 e. The summed E-state index contributed by atoms with van der Waals surface area (Å²) in [6.45, 7) is 0. The van der Waals surface area contributed by atoms with Gasteiger partial charge in [0.25, 0.3) is 5.91 Å². The molecule has 8 nitrogen and oxygen atoms in total. The number of para-hydroxylation sites is 1. The molecule has 3 aromatic rings. The van der Waals surface area contributed by atoms with E-state index in [-0.39, 0.29) is 5.56 Å². The van der Waals surface area contributed by atoms with Crippen molar-refractivity contribution in [1.82, 2.24) is 5.32 Å². The van der Waals surface area contributed by atoms with Crippen molar-refractivity contribution >= 4 is 40.7 Å². The van der Waals surface area contributed by atoms with Gasteiger partial charge in [0.05, 0.1) is 30.3 Å². The van der Waals surface area contributed by atoms with Gasteiger partial charge in [0.15, 0.2) is 0 Å². The number of rotatable bonds is 9. The molecule has 4 rings (SSSR count). The number of benzodiazepines with no additional fused rings is 1. The minimum absolute atomic E-state index is 0.208. The van der Waals surface area contributed by atoms with Crippen molar-refractivity contribution < 1.29 is 32.3 Å². The number of nitrogens with two attached hydrogens (primary N) is 1. The SMILES string of the molecule is COc1cccc2c1NC(=O)C(NC(=O)[C@H](CCC(F)(F)F)[C@@H](C(N)=O)c1ccc(Cl)cc1)N=C2c1ccccc1. The fourth-order valence-electron chi connectivity index (χ4n) is 4.68. The van der Waals surface area contributed by atoms with Gasteiger partial charge in [-0.3, -0.25) is 14.4 Å². The van der Waals surface area contributed by atoms with Gasteiger partial charge in [0.1, 0.15) is 5.75 Å². The Balaban J connectivity index is 1.75. The van der Waals surface area contributed by atoms with E-state index in [1.54, 1.807) is 48.5 Å². The molecule has 1 unspecified atom stereocenters. The van der Waals surface area contributed by atoms with Crippen LogP contribution in [0.5, 0.6) is 5.75 Å². The normalized spacial score (nSPS) is 16.4. The van der Waals surface area contributed by atoms with Crippen molar-refractivity contribution in [3.05, 3.63) is 94.5 Å². The average Bonchev–Trinajstić information content (AvgIpc) is 3.07. The van der Waals surface area contributed by atoms with E-state index in [2.05, 4.69) is 15.6 Å². The first-order chi connectivity index (χ1) is 19.5. The number of hydrogen-bond donors (Lipinski definition) is 3. The number of halogens is 4. The minimum Gasteiger partial charge on any atom is -0.495 e. The van der Waals surface area contributed by atoms with E-state index in [1.165, 1.54) is 31.4 Å². The molecule has 0 fully saturated rings. The summed E-state index contributed by atoms with van der Waals surface area (Å²) in [4.78, 5) is 44.0. The van der Waals surface area contributed by atoms with Crippen molar-refractivity contribution in [1.29, 1.82) is 0 Å². The van der Waals surface area contributed by atoms with Crippen LogP contribution in [-0.2, 0) is 14.4 Å². The summed E-state index contributed by atoms with van der Waals surface area (Å²) < 4.78 is 45.2. The monoisotopic (exact) mass is 586 g/mol. The minimum atomic E-state index is -4.61. The first-order valence-electron chi connectivity index (χ1n) is 12.5. The second-order valence-electron chi connectivity index (χ2n) is 9.32. The summed E-state index contributed by atoms with van der Waals surface area (Å²) in [5, 5.41) is 5.48. The van der Waals surface area contributed by atoms with Gasteiger partial charge < -0.3 is 21.1 Å². The number of nitrogens with zero attached hydrogens (tertiary/aromatic N) is 1. The zero-order valence-corrected chi connectivity index (χ0v) is 22.5. The zero-order chi connectivity index (χ0) is 29.7. The first kappa shape index (κ1) is 29.6. The molecule has 3 aromatic carbocycles. The second-order valence-corrected chi connectivity index (χ2v) is 9.76. The van der Waals surface area contributed by atoms with E-state index in [0.717, 1.165) is 0 Å². The van der Waals surface area contributed by atoms with Crippen LogP contribution in [0.3, 0.4) is 0 Å². The number of primary amides is 1. The van der Waals surface area contributed by atoms with E-state index >= 15 is 0 Å². The lowest BCUT2D eigenvalue weighted by atomic mass is 9.81. The number of hydrogen-bond acceptors (Lipinski definition) is 5. The van der Waals surface area contributed by atoms with Gasteiger partial charge in [-0.2, -0.15) is 13.2 Å². The second kappa shape index (κ2) is 12.4. The van der Waals surface area contributed by atoms with Crippen LogP contribution in [0.4, 0.5) is 18.9 Å². The number of carbonyl (C=O) groups is 3. The quantitative estimate of drug-likeness (QED) is 0.333. The van der Waals surface area contributed by atoms with Crippen LogP contribution in [0.25, 0.3) is 0 Å². The van der Waals surface area contributed by atoms with Crippen molar-refractivity contribution in [3.8, 4) is 5.75 Å². The highest BCUT2D eigenvalue weighted by molar-refractivity contribution is 6.30. The summed E-state index contributed by atoms with van der Waals surface area (Å²) in [6.07, 6.45) is -8.29. The molecule has 3 amide bonds. The number of anilines is 1. The third-order valence-corrected chi connectivity index (χ3v) is 6.85. The van der Waals surface area contributed by atoms with Gasteiger partial charge in [-0.15, -0.1) is 0 Å². The molecule has 41 heavy (non-hydrogen) atoms. The molecule has 0 bridgehead atoms. The number of ether oxygens (including phenoxy) is 1. The van der Waals surface area contributed by atoms with E-state index in [4.69, 9.17) is 22.1 Å². The van der Waals surface area contributed by atoms with Gasteiger partial charge in [-0.25, -0.2) is 4.99 Å². The highest BCUT2D eigenvalue weighted by Gasteiger charge is 2.39. The summed E-state index contributed by atoms with van der Waals surface area (Å²) in [5.74, 6) is -5.43. The molecule has 0 aliphatic carbocycles. The number of fused-ring (bicyclic) bond motifs is 1. The highest BCUT2D eigenvalue weighted by atomic mass is 35.5. The Morgan fingerprint density at radius 2 is 1.76 bits per heavy atom. The van der Waals surface area contributed by atoms with Crippen LogP contribution < -0.4 is 21.1 Å². The lowest BCUT2D eigenvalue weighted by Gasteiger charge is -2.26. The van der Waals surface area contributed by atoms with Crippen LogP contribution in [0.2, 0.25) is 5.02 Å². The van der Waals surface area contributed by atoms with E-state index in [9.17, 15) is 27.6 Å². The Labute approximate surface area is 238 Å². The molecule has 0 spiro atoms. The lowest BCUT2D eigenvalue weighted by Crippen LogP contribution is -2.47. The molecule has 1 aliphatic heterocycles. The molecule has 0 saturated heterocycles. The van der Waals surface area contributed by atoms with Crippen LogP contribution >= 0.6 is 11.6 Å². The van der Waals surface area contributed by atoms with Gasteiger partial charge in [0, 0.05) is 22.6 Å². The van der Waals surface area contributed by atoms with E-state index < -0.39 is 54.7 Å². The number of alkyl halides is 3. The van der Waals surface area contributed by atoms with Crippen LogP contribution in [0.1, 0.15) is 35.4 Å². The standard InChI is InChI=1S/C29H26ClF3N4O4/c1-41-21-9-5-8-20-23(17-6-3-2-4-7-17)35-26(28(40)36-24(20)21)37-27(39)19(14-15-29(31,32)33)22(25(34)38)16-10-12-18(30)13-11-16/h2-13,19,22,26H,14-15H2,1H3,(H2,34,38)(H,36,40)(H,37,39)/t19-,22+,26?/m1/s1. The Hall–Kier alpha value is -4.38. The molecular formula is C29H26ClF3N4O4. The fourth-order valence-corrected chi connectivity index (χ4v) is 4.80. The highest BCUT2D eigenvalue weighted by Crippen LogP contribution is 2.35. The predicted molar refractivity (Wildman–Crippen MR) is 148 cm³/mol. The maximum absolute atomic E-state index is 13.6. The number of nitrogens with one attached hydrogen (secondary N) is 2. The molecule has 4 N–H and O–H groups in total. The average molecular weight is 587 g/mol. The Morgan fingerprint density at radius 1 is 1.07 bits per heavy atom. The summed E-state index contributed by atoms with van der Waals surface area (Å²) in [5.41, 5.74) is 7.57. The summed E-state index contributed by atoms with van der Waals surface area (Å²) >= 11 is 5.93. The number of benzene rings is 3. The number of carbonyl (C=O) groups excluding carboxylic acids is 3. The predicted octanol–water partition coefficient (Wildman–Crippen LogP) is 4.81. The molecule has 0 radical (unpaired) electrons. The number of aliphatic imine (C=N–C) groups is 1. The Kier molecular flexibility index (Phi) is 8.97. The van der Waals surface area contributed by atoms with Crippen molar-refractivity contribution in [2.75, 3.05) is 12.4 Å². The van der Waals surface area contributed by atoms with Gasteiger partial charge in [-0.1, -0.05) is 66.2 Å². The van der Waals surface area contributed by atoms with Crippen LogP contribution in [0.15, 0.2) is 77.8 Å². The molecular weight excluding hydrogens is 561 g/mol. The maximum Gasteiger partial charge on any atom is 0.389 e. The van der Waals surface area contributed by atoms with Gasteiger partial charge in [0.2, 0.25) is 18.0 Å². The number of methoxy groups -OCH3 is 1. The molecule has 1 aliphatic rings. The van der Waals surface area contributed by atoms with Crippen LogP contribution in [-0.4, -0.2) is 42.9 Å². The van der Waals surface area contributed by atoms with Crippen molar-refractivity contribution in [2.24, 2.45) is 16.6 Å². The first-order valence-corrected chi connectivity index (χ1v) is 12.9. The molecule has 0 saturated carbocycles.